The monoisotopic (exact) mass is 764 g/mol. The Kier molecular flexibility index (Phi) is 10.9. The van der Waals surface area contributed by atoms with E-state index in [4.69, 9.17) is 33.2 Å². The van der Waals surface area contributed by atoms with Gasteiger partial charge in [0.05, 0.1) is 48.3 Å². The molecule has 306 valence electrons. The number of carbonyl (C=O) groups is 1. The number of carbonyl (C=O) groups excluding carboxylic acids is 1. The summed E-state index contributed by atoms with van der Waals surface area (Å²) < 4.78 is 42.2. The van der Waals surface area contributed by atoms with Crippen LogP contribution in [0.1, 0.15) is 112 Å². The first-order valence-corrected chi connectivity index (χ1v) is 20.8. The third-order valence-corrected chi connectivity index (χ3v) is 15.9. The van der Waals surface area contributed by atoms with E-state index in [9.17, 15) is 30.3 Å². The number of cyclic esters (lactones) is 1. The van der Waals surface area contributed by atoms with E-state index in [2.05, 4.69) is 13.8 Å². The van der Waals surface area contributed by atoms with Crippen molar-refractivity contribution in [2.75, 3.05) is 6.61 Å². The molecule has 20 atom stereocenters. The van der Waals surface area contributed by atoms with Gasteiger partial charge in [0, 0.05) is 30.8 Å². The topological polar surface area (TPSA) is 183 Å². The largest absolute Gasteiger partial charge is 0.458 e. The molecule has 0 aromatic carbocycles. The van der Waals surface area contributed by atoms with Crippen LogP contribution >= 0.6 is 0 Å². The van der Waals surface area contributed by atoms with Crippen LogP contribution in [0.5, 0.6) is 0 Å². The van der Waals surface area contributed by atoms with Crippen molar-refractivity contribution in [3.63, 3.8) is 0 Å². The van der Waals surface area contributed by atoms with Gasteiger partial charge >= 0.3 is 5.97 Å². The van der Waals surface area contributed by atoms with Crippen molar-refractivity contribution in [1.82, 2.24) is 0 Å². The van der Waals surface area contributed by atoms with Crippen molar-refractivity contribution < 1.29 is 63.5 Å². The van der Waals surface area contributed by atoms with Gasteiger partial charge in [-0.2, -0.15) is 0 Å². The highest BCUT2D eigenvalue weighted by molar-refractivity contribution is 5.85. The number of esters is 1. The molecule has 0 amide bonds. The van der Waals surface area contributed by atoms with Crippen LogP contribution < -0.4 is 0 Å². The smallest absolute Gasteiger partial charge is 0.331 e. The Morgan fingerprint density at radius 3 is 1.89 bits per heavy atom. The summed E-state index contributed by atoms with van der Waals surface area (Å²) in [5.41, 5.74) is 0.215. The molecule has 13 nitrogen and oxygen atoms in total. The van der Waals surface area contributed by atoms with Gasteiger partial charge in [0.2, 0.25) is 0 Å². The van der Waals surface area contributed by atoms with E-state index in [-0.39, 0.29) is 54.0 Å². The van der Waals surface area contributed by atoms with Gasteiger partial charge in [-0.15, -0.1) is 0 Å². The highest BCUT2D eigenvalue weighted by Gasteiger charge is 2.68. The first-order valence-electron chi connectivity index (χ1n) is 20.8. The number of hydrogen-bond donors (Lipinski definition) is 5. The van der Waals surface area contributed by atoms with E-state index in [1.807, 2.05) is 6.92 Å². The number of aliphatic hydroxyl groups excluding tert-OH is 4. The zero-order valence-electron chi connectivity index (χ0n) is 32.6. The second-order valence-corrected chi connectivity index (χ2v) is 18.7. The van der Waals surface area contributed by atoms with E-state index in [1.54, 1.807) is 19.9 Å². The number of hydrogen-bond acceptors (Lipinski definition) is 13. The van der Waals surface area contributed by atoms with Crippen molar-refractivity contribution >= 4 is 5.97 Å². The van der Waals surface area contributed by atoms with Crippen molar-refractivity contribution in [2.24, 2.45) is 34.5 Å². The zero-order valence-corrected chi connectivity index (χ0v) is 32.6. The summed E-state index contributed by atoms with van der Waals surface area (Å²) in [6.07, 6.45) is 1.90. The van der Waals surface area contributed by atoms with Crippen LogP contribution in [0.4, 0.5) is 0 Å². The normalized spacial score (nSPS) is 55.0. The lowest BCUT2D eigenvalue weighted by molar-refractivity contribution is -0.336. The molecule has 0 bridgehead atoms. The fraction of sp³-hybridized carbons (Fsp3) is 0.927. The SMILES string of the molecule is C[C@H]1O[C@@H](O[C@H]2[C@@H](O)C[C@H](O[C@H]3[C@@H](O)C[C@H](O[C@H]4CC[C@@]5(C)C(CCC6C5CC[C@]5(C)[C@@H](C7=CC(=O)OC7)CC[C@]65O)C4)O[C@@H]3C)O[C@@H]2C)C[C@H](O)[C@@H]1O. The zero-order chi connectivity index (χ0) is 38.3. The molecule has 0 aromatic rings. The molecule has 7 fully saturated rings. The van der Waals surface area contributed by atoms with Crippen molar-refractivity contribution in [2.45, 2.75) is 197 Å². The number of ether oxygens (including phenoxy) is 7. The predicted octanol–water partition coefficient (Wildman–Crippen LogP) is 3.25. The lowest BCUT2D eigenvalue weighted by Crippen LogP contribution is -2.62. The summed E-state index contributed by atoms with van der Waals surface area (Å²) in [4.78, 5) is 11.9. The Bertz CT molecular complexity index is 1370. The Balaban J connectivity index is 0.826. The molecule has 8 aliphatic rings. The van der Waals surface area contributed by atoms with Gasteiger partial charge in [-0.3, -0.25) is 0 Å². The van der Waals surface area contributed by atoms with E-state index < -0.39 is 79.4 Å². The van der Waals surface area contributed by atoms with E-state index in [0.717, 1.165) is 63.4 Å². The van der Waals surface area contributed by atoms with Crippen molar-refractivity contribution in [3.05, 3.63) is 11.6 Å². The van der Waals surface area contributed by atoms with E-state index in [1.165, 1.54) is 0 Å². The molecular weight excluding hydrogens is 700 g/mol. The van der Waals surface area contributed by atoms with Crippen LogP contribution in [-0.4, -0.2) is 124 Å². The average Bonchev–Trinajstić information content (AvgIpc) is 3.66. The first kappa shape index (κ1) is 39.6. The predicted molar refractivity (Wildman–Crippen MR) is 191 cm³/mol. The quantitative estimate of drug-likeness (QED) is 0.188. The summed E-state index contributed by atoms with van der Waals surface area (Å²) in [5.74, 6) is 1.13. The molecule has 0 spiro atoms. The van der Waals surface area contributed by atoms with Gasteiger partial charge in [0.25, 0.3) is 0 Å². The Morgan fingerprint density at radius 1 is 0.685 bits per heavy atom. The molecule has 4 heterocycles. The summed E-state index contributed by atoms with van der Waals surface area (Å²) in [7, 11) is 0. The minimum Gasteiger partial charge on any atom is -0.458 e. The third kappa shape index (κ3) is 6.82. The van der Waals surface area contributed by atoms with Gasteiger partial charge in [-0.05, 0) is 113 Å². The minimum absolute atomic E-state index is 0.0243. The van der Waals surface area contributed by atoms with Crippen LogP contribution in [0.2, 0.25) is 0 Å². The highest BCUT2D eigenvalue weighted by Crippen LogP contribution is 2.70. The summed E-state index contributed by atoms with van der Waals surface area (Å²) in [6.45, 7) is 10.4. The fourth-order valence-electron chi connectivity index (χ4n) is 12.8. The molecule has 54 heavy (non-hydrogen) atoms. The molecule has 0 radical (unpaired) electrons. The molecular formula is C41H64O13. The maximum Gasteiger partial charge on any atom is 0.331 e. The van der Waals surface area contributed by atoms with Crippen LogP contribution in [0, 0.1) is 34.5 Å². The number of fused-ring (bicyclic) bond motifs is 5. The standard InChI is InChI=1S/C41H64O13/c1-20-36(46)29(42)16-34(49-20)53-38-22(3)51-35(18-31(38)44)54-37-21(2)50-33(17-30(37)43)52-25-8-11-39(4)24(15-25)6-7-28-27(39)9-12-40(5)26(10-13-41(28,40)47)23-14-32(45)48-19-23/h14,20-22,24-31,33-38,42-44,46-47H,6-13,15-19H2,1-5H3/t20-,21-,22-,24?,25+,26-,27?,28?,29+,30+,31+,33+,34+,35+,36-,37-,38-,39+,40-,41+/m1/s1. The molecule has 4 aliphatic heterocycles. The average molecular weight is 765 g/mol. The number of aliphatic hydroxyl groups is 5. The molecule has 3 unspecified atom stereocenters. The van der Waals surface area contributed by atoms with Gasteiger partial charge in [0.15, 0.2) is 18.9 Å². The molecule has 4 saturated carbocycles. The molecule has 13 heteroatoms. The van der Waals surface area contributed by atoms with Gasteiger partial charge in [-0.25, -0.2) is 4.79 Å². The highest BCUT2D eigenvalue weighted by atomic mass is 16.7. The van der Waals surface area contributed by atoms with Crippen LogP contribution in [-0.2, 0) is 38.0 Å². The molecule has 8 rings (SSSR count). The Morgan fingerprint density at radius 2 is 1.30 bits per heavy atom. The molecule has 3 saturated heterocycles. The third-order valence-electron chi connectivity index (χ3n) is 15.9. The van der Waals surface area contributed by atoms with Crippen molar-refractivity contribution in [3.8, 4) is 0 Å². The van der Waals surface area contributed by atoms with Crippen molar-refractivity contribution in [1.29, 1.82) is 0 Å². The van der Waals surface area contributed by atoms with E-state index in [0.29, 0.717) is 18.4 Å². The van der Waals surface area contributed by atoms with Crippen LogP contribution in [0.3, 0.4) is 0 Å². The van der Waals surface area contributed by atoms with Crippen LogP contribution in [0.25, 0.3) is 0 Å². The Hall–Kier alpha value is -1.23. The lowest BCUT2D eigenvalue weighted by Gasteiger charge is -2.64. The van der Waals surface area contributed by atoms with Crippen LogP contribution in [0.15, 0.2) is 11.6 Å². The summed E-state index contributed by atoms with van der Waals surface area (Å²) in [5, 5.41) is 55.0. The van der Waals surface area contributed by atoms with Gasteiger partial charge in [0.1, 0.15) is 24.9 Å². The second-order valence-electron chi connectivity index (χ2n) is 18.7. The minimum atomic E-state index is -0.996. The lowest BCUT2D eigenvalue weighted by atomic mass is 9.43. The first-order chi connectivity index (χ1) is 25.6. The molecule has 5 N–H and O–H groups in total. The second kappa shape index (κ2) is 14.9. The van der Waals surface area contributed by atoms with Gasteiger partial charge < -0.3 is 58.7 Å². The number of rotatable bonds is 7. The van der Waals surface area contributed by atoms with Gasteiger partial charge in [-0.1, -0.05) is 13.8 Å². The molecule has 4 aliphatic carbocycles. The Labute approximate surface area is 319 Å². The maximum absolute atomic E-state index is 12.6. The summed E-state index contributed by atoms with van der Waals surface area (Å²) in [6, 6.07) is 0. The maximum atomic E-state index is 12.6. The fourth-order valence-corrected chi connectivity index (χ4v) is 12.8. The summed E-state index contributed by atoms with van der Waals surface area (Å²) >= 11 is 0. The molecule has 0 aromatic heterocycles. The van der Waals surface area contributed by atoms with E-state index >= 15 is 0 Å².